The highest BCUT2D eigenvalue weighted by molar-refractivity contribution is 5.97. The third kappa shape index (κ3) is 14.0. The van der Waals surface area contributed by atoms with Crippen LogP contribution in [0.1, 0.15) is 133 Å². The Bertz CT molecular complexity index is 2690. The minimum absolute atomic E-state index is 0.0286. The molecule has 3 aromatic rings. The molecule has 2 aliphatic heterocycles. The van der Waals surface area contributed by atoms with Crippen molar-refractivity contribution in [2.45, 2.75) is 162 Å². The Balaban J connectivity index is 1.13. The average Bonchev–Trinajstić information content (AvgIpc) is 3.85. The SMILES string of the molecule is CN[C@@H](C)C(=O)NC(C(=O)N1CCC2=C(CCC=C2)[C@H]1C(=O)N(CCc1ccccc1)Cc1c#cc(C(=O)N[C@H]2C[C@@H](C(=O)N[C@@H]3CCCc4ccccc43)N(C(=O)[C@@H](NC(=O)[C@H](C)NC)C(C)(C)C)C2)cc1)C(C)(C)C. The Labute approximate surface area is 456 Å². The third-order valence-electron chi connectivity index (χ3n) is 15.7. The molecule has 2 aliphatic carbocycles. The summed E-state index contributed by atoms with van der Waals surface area (Å²) >= 11 is 0. The van der Waals surface area contributed by atoms with Gasteiger partial charge in [0, 0.05) is 31.2 Å². The Morgan fingerprint density at radius 2 is 1.38 bits per heavy atom. The van der Waals surface area contributed by atoms with Gasteiger partial charge >= 0.3 is 0 Å². The summed E-state index contributed by atoms with van der Waals surface area (Å²) in [4.78, 5) is 105. The van der Waals surface area contributed by atoms with Crippen LogP contribution in [0.4, 0.5) is 0 Å². The van der Waals surface area contributed by atoms with Crippen LogP contribution >= 0.6 is 0 Å². The summed E-state index contributed by atoms with van der Waals surface area (Å²) in [7, 11) is 3.36. The lowest BCUT2D eigenvalue weighted by Crippen LogP contribution is -2.62. The van der Waals surface area contributed by atoms with Gasteiger partial charge in [-0.15, -0.1) is 0 Å². The minimum Gasteiger partial charge on any atom is -0.347 e. The summed E-state index contributed by atoms with van der Waals surface area (Å²) < 4.78 is 0. The number of hydrogen-bond acceptors (Lipinski definition) is 9. The van der Waals surface area contributed by atoms with Crippen LogP contribution in [0.25, 0.3) is 0 Å². The van der Waals surface area contributed by atoms with E-state index in [4.69, 9.17) is 0 Å². The van der Waals surface area contributed by atoms with Crippen LogP contribution in [0.5, 0.6) is 0 Å². The highest BCUT2D eigenvalue weighted by Crippen LogP contribution is 2.36. The summed E-state index contributed by atoms with van der Waals surface area (Å²) in [6, 6.07) is 21.8. The van der Waals surface area contributed by atoms with Gasteiger partial charge in [0.2, 0.25) is 35.4 Å². The molecule has 4 aliphatic rings. The van der Waals surface area contributed by atoms with Crippen molar-refractivity contribution < 1.29 is 33.6 Å². The van der Waals surface area contributed by atoms with Crippen molar-refractivity contribution >= 4 is 41.4 Å². The van der Waals surface area contributed by atoms with E-state index in [1.54, 1.807) is 49.9 Å². The molecule has 16 heteroatoms. The fraction of sp³-hybridized carbons (Fsp3) is 0.525. The van der Waals surface area contributed by atoms with Gasteiger partial charge in [0.1, 0.15) is 24.2 Å². The zero-order valence-electron chi connectivity index (χ0n) is 46.8. The molecule has 3 aromatic carbocycles. The number of likely N-dealkylation sites (tertiary alicyclic amines) is 1. The lowest BCUT2D eigenvalue weighted by molar-refractivity contribution is -0.149. The number of fused-ring (bicyclic) bond motifs is 1. The number of amides is 7. The normalized spacial score (nSPS) is 20.8. The van der Waals surface area contributed by atoms with E-state index < -0.39 is 64.9 Å². The molecule has 6 N–H and O–H groups in total. The number of allylic oxidation sites excluding steroid dienone is 2. The van der Waals surface area contributed by atoms with E-state index in [0.717, 1.165) is 48.0 Å². The predicted octanol–water partition coefficient (Wildman–Crippen LogP) is 5.28. The number of carbonyl (C=O) groups is 7. The van der Waals surface area contributed by atoms with Crippen molar-refractivity contribution in [2.24, 2.45) is 10.8 Å². The van der Waals surface area contributed by atoms with Crippen LogP contribution in [0.3, 0.4) is 0 Å². The lowest BCUT2D eigenvalue weighted by atomic mass is 9.82. The summed E-state index contributed by atoms with van der Waals surface area (Å²) in [6.07, 6.45) is 9.35. The van der Waals surface area contributed by atoms with Gasteiger partial charge in [-0.3, -0.25) is 33.6 Å². The number of benzene rings is 2. The number of nitrogens with one attached hydrogen (secondary N) is 6. The van der Waals surface area contributed by atoms with Gasteiger partial charge in [0.05, 0.1) is 30.2 Å². The maximum atomic E-state index is 15.4. The van der Waals surface area contributed by atoms with Crippen LogP contribution in [0, 0.1) is 23.0 Å². The Hall–Kier alpha value is -6.83. The molecule has 7 rings (SSSR count). The van der Waals surface area contributed by atoms with Crippen molar-refractivity contribution in [3.8, 4) is 0 Å². The van der Waals surface area contributed by atoms with Gasteiger partial charge in [-0.1, -0.05) is 120 Å². The Morgan fingerprint density at radius 1 is 0.740 bits per heavy atom. The first-order valence-electron chi connectivity index (χ1n) is 27.5. The first-order valence-corrected chi connectivity index (χ1v) is 27.5. The molecule has 0 bridgehead atoms. The first kappa shape index (κ1) is 57.9. The summed E-state index contributed by atoms with van der Waals surface area (Å²) in [5.41, 5.74) is 4.59. The molecule has 412 valence electrons. The Kier molecular flexibility index (Phi) is 18.9. The summed E-state index contributed by atoms with van der Waals surface area (Å²) in [6.45, 7) is 15.5. The molecule has 2 heterocycles. The van der Waals surface area contributed by atoms with Crippen LogP contribution in [0.2, 0.25) is 0 Å². The molecule has 1 unspecified atom stereocenters. The number of nitrogens with zero attached hydrogens (tertiary/aromatic N) is 3. The van der Waals surface area contributed by atoms with Crippen molar-refractivity contribution in [1.82, 2.24) is 46.6 Å². The molecule has 7 amide bonds. The van der Waals surface area contributed by atoms with Gasteiger partial charge in [-0.25, -0.2) is 0 Å². The first-order chi connectivity index (χ1) is 36.6. The topological polar surface area (TPSA) is 201 Å². The van der Waals surface area contributed by atoms with Gasteiger partial charge in [-0.2, -0.15) is 0 Å². The number of rotatable bonds is 18. The van der Waals surface area contributed by atoms with E-state index in [0.29, 0.717) is 37.9 Å². The lowest BCUT2D eigenvalue weighted by Gasteiger charge is -2.44. The molecule has 0 aromatic heterocycles. The number of aryl methyl sites for hydroxylation is 1. The smallest absolute Gasteiger partial charge is 0.260 e. The molecule has 1 fully saturated rings. The molecular weight excluding hydrogens is 971 g/mol. The standard InChI is InChI=1S/C61H81N9O7/c1-38(62-9)53(71)66-51(60(3,4)5)58(76)69-34-32-43-22-15-17-25-47(43)50(69)57(75)68(33-31-40-19-12-11-13-20-40)36-41-27-29-44(30-28-41)55(73)64-45-35-49(56(74)65-48-26-18-23-42-21-14-16-24-46(42)48)70(37-45)59(77)52(61(6,7)8)67-54(72)39(2)63-10/h11-16,19-22,24,27,29,38-39,45,48-52,62-63H,17-18,23,25-26,31-37H2,1-10H3,(H,64,73)(H,65,74)(H,66,71)(H,67,72)/t38-,39-,45-,48+,49-,50-,51?,52+/m0/s1. The van der Waals surface area contributed by atoms with Gasteiger partial charge in [-0.05, 0) is 130 Å². The zero-order chi connectivity index (χ0) is 55.8. The van der Waals surface area contributed by atoms with E-state index in [2.05, 4.69) is 62.3 Å². The van der Waals surface area contributed by atoms with Crippen molar-refractivity contribution in [3.63, 3.8) is 0 Å². The quantitative estimate of drug-likeness (QED) is 0.0982. The monoisotopic (exact) mass is 1050 g/mol. The van der Waals surface area contributed by atoms with E-state index in [-0.39, 0.29) is 60.7 Å². The van der Waals surface area contributed by atoms with Crippen LogP contribution in [-0.2, 0) is 48.2 Å². The number of carbonyl (C=O) groups excluding carboxylic acids is 7. The molecule has 8 atom stereocenters. The molecule has 0 radical (unpaired) electrons. The third-order valence-corrected chi connectivity index (χ3v) is 15.7. The minimum atomic E-state index is -0.971. The van der Waals surface area contributed by atoms with Crippen molar-refractivity contribution in [3.05, 3.63) is 130 Å². The molecular formula is C61H81N9O7. The van der Waals surface area contributed by atoms with E-state index in [1.807, 2.05) is 90.1 Å². The fourth-order valence-electron chi connectivity index (χ4n) is 10.9. The molecule has 1 saturated heterocycles. The molecule has 0 saturated carbocycles. The van der Waals surface area contributed by atoms with Gasteiger partial charge in [0.25, 0.3) is 5.91 Å². The molecule has 0 spiro atoms. The molecule has 16 nitrogen and oxygen atoms in total. The van der Waals surface area contributed by atoms with Gasteiger partial charge < -0.3 is 46.6 Å². The van der Waals surface area contributed by atoms with E-state index in [1.165, 1.54) is 10.5 Å². The predicted molar refractivity (Wildman–Crippen MR) is 297 cm³/mol. The highest BCUT2D eigenvalue weighted by atomic mass is 16.2. The summed E-state index contributed by atoms with van der Waals surface area (Å²) in [5.74, 6) is -2.45. The molecule has 77 heavy (non-hydrogen) atoms. The zero-order valence-corrected chi connectivity index (χ0v) is 46.8. The largest absolute Gasteiger partial charge is 0.347 e. The Morgan fingerprint density at radius 3 is 2.00 bits per heavy atom. The van der Waals surface area contributed by atoms with Crippen LogP contribution in [-0.4, -0.2) is 132 Å². The van der Waals surface area contributed by atoms with Crippen LogP contribution < -0.4 is 31.9 Å². The highest BCUT2D eigenvalue weighted by Gasteiger charge is 2.47. The second-order valence-electron chi connectivity index (χ2n) is 23.4. The fourth-order valence-corrected chi connectivity index (χ4v) is 10.9. The second-order valence-corrected chi connectivity index (χ2v) is 23.4. The van der Waals surface area contributed by atoms with Crippen molar-refractivity contribution in [1.29, 1.82) is 0 Å². The second kappa shape index (κ2) is 25.1. The van der Waals surface area contributed by atoms with Crippen molar-refractivity contribution in [2.75, 3.05) is 33.7 Å². The number of hydrogen-bond donors (Lipinski definition) is 6. The summed E-state index contributed by atoms with van der Waals surface area (Å²) in [5, 5.41) is 18.1. The van der Waals surface area contributed by atoms with E-state index >= 15 is 4.79 Å². The average molecular weight is 1050 g/mol. The maximum Gasteiger partial charge on any atom is 0.260 e. The van der Waals surface area contributed by atoms with Crippen LogP contribution in [0.15, 0.2) is 90.0 Å². The number of likely N-dealkylation sites (N-methyl/N-ethyl adjacent to an activating group) is 2. The van der Waals surface area contributed by atoms with E-state index in [9.17, 15) is 28.8 Å². The van der Waals surface area contributed by atoms with Gasteiger partial charge in [0.15, 0.2) is 0 Å². The maximum absolute atomic E-state index is 15.4.